The molecule has 1 aromatic rings. The Bertz CT molecular complexity index is 1010. The van der Waals surface area contributed by atoms with Crippen LogP contribution in [0, 0.1) is 11.8 Å². The van der Waals surface area contributed by atoms with Gasteiger partial charge in [0.2, 0.25) is 11.8 Å². The third-order valence-electron chi connectivity index (χ3n) is 8.48. The summed E-state index contributed by atoms with van der Waals surface area (Å²) in [6.45, 7) is 9.55. The van der Waals surface area contributed by atoms with Crippen molar-refractivity contribution in [1.29, 1.82) is 0 Å². The van der Waals surface area contributed by atoms with Crippen molar-refractivity contribution >= 4 is 17.8 Å². The third-order valence-corrected chi connectivity index (χ3v) is 8.48. The SMILES string of the molecule is C=CCN(C(=O)C1N([C@@H](CO)Cc2ccccc2)C(=O)[C@@H]2[C@H](C(=O)O)[C@]3(C)CCC12O3)C(C)CCC. The van der Waals surface area contributed by atoms with E-state index in [2.05, 4.69) is 13.5 Å². The summed E-state index contributed by atoms with van der Waals surface area (Å²) in [4.78, 5) is 44.1. The number of likely N-dealkylation sites (tertiary alicyclic amines) is 1. The van der Waals surface area contributed by atoms with E-state index in [1.807, 2.05) is 37.3 Å². The first kappa shape index (κ1) is 26.4. The van der Waals surface area contributed by atoms with E-state index in [4.69, 9.17) is 4.74 Å². The molecule has 7 atom stereocenters. The molecule has 3 saturated heterocycles. The molecule has 3 fully saturated rings. The van der Waals surface area contributed by atoms with Gasteiger partial charge in [0.25, 0.3) is 0 Å². The lowest BCUT2D eigenvalue weighted by atomic mass is 9.66. The van der Waals surface area contributed by atoms with E-state index in [9.17, 15) is 24.6 Å². The second-order valence-electron chi connectivity index (χ2n) is 10.8. The highest BCUT2D eigenvalue weighted by Crippen LogP contribution is 2.63. The van der Waals surface area contributed by atoms with Crippen LogP contribution in [-0.2, 0) is 25.5 Å². The Balaban J connectivity index is 1.81. The molecule has 0 aromatic heterocycles. The van der Waals surface area contributed by atoms with Crippen LogP contribution in [0.4, 0.5) is 0 Å². The summed E-state index contributed by atoms with van der Waals surface area (Å²) >= 11 is 0. The van der Waals surface area contributed by atoms with Gasteiger partial charge in [-0.15, -0.1) is 6.58 Å². The molecule has 3 aliphatic rings. The molecule has 4 rings (SSSR count). The highest BCUT2D eigenvalue weighted by Gasteiger charge is 2.78. The highest BCUT2D eigenvalue weighted by molar-refractivity contribution is 5.98. The van der Waals surface area contributed by atoms with Crippen LogP contribution in [0.5, 0.6) is 0 Å². The molecule has 2 amide bonds. The van der Waals surface area contributed by atoms with Gasteiger partial charge in [-0.05, 0) is 45.1 Å². The standard InChI is InChI=1S/C28H38N2O6/c1-5-10-18(3)29(15-6-2)25(33)23-28-14-13-27(4,36-28)22(26(34)35)21(28)24(32)30(23)20(17-31)16-19-11-8-7-9-12-19/h6-9,11-12,18,20-23,31H,2,5,10,13-17H2,1,3-4H3,(H,34,35)/t18?,20-,21+,22-,23?,27+,28?/m1/s1. The number of nitrogens with zero attached hydrogens (tertiary/aromatic N) is 2. The van der Waals surface area contributed by atoms with E-state index in [0.29, 0.717) is 25.8 Å². The number of carboxylic acids is 1. The predicted octanol–water partition coefficient (Wildman–Crippen LogP) is 2.64. The molecule has 0 saturated carbocycles. The first-order chi connectivity index (χ1) is 17.1. The molecule has 196 valence electrons. The fourth-order valence-electron chi connectivity index (χ4n) is 6.91. The summed E-state index contributed by atoms with van der Waals surface area (Å²) in [6.07, 6.45) is 4.55. The highest BCUT2D eigenvalue weighted by atomic mass is 16.5. The number of aliphatic hydroxyl groups excluding tert-OH is 1. The summed E-state index contributed by atoms with van der Waals surface area (Å²) in [7, 11) is 0. The second kappa shape index (κ2) is 9.98. The number of hydrogen-bond acceptors (Lipinski definition) is 5. The fourth-order valence-corrected chi connectivity index (χ4v) is 6.91. The molecule has 3 aliphatic heterocycles. The zero-order valence-corrected chi connectivity index (χ0v) is 21.4. The van der Waals surface area contributed by atoms with Gasteiger partial charge in [-0.2, -0.15) is 0 Å². The van der Waals surface area contributed by atoms with Crippen LogP contribution in [0.15, 0.2) is 43.0 Å². The van der Waals surface area contributed by atoms with Gasteiger partial charge in [0.15, 0.2) is 0 Å². The fraction of sp³-hybridized carbons (Fsp3) is 0.607. The number of carboxylic acid groups (broad SMARTS) is 1. The minimum atomic E-state index is -1.23. The van der Waals surface area contributed by atoms with Gasteiger partial charge in [0.05, 0.1) is 30.1 Å². The molecular formula is C28H38N2O6. The molecule has 8 heteroatoms. The predicted molar refractivity (Wildman–Crippen MR) is 134 cm³/mol. The number of carbonyl (C=O) groups is 3. The molecule has 3 heterocycles. The lowest BCUT2D eigenvalue weighted by Crippen LogP contribution is -2.60. The van der Waals surface area contributed by atoms with Crippen LogP contribution >= 0.6 is 0 Å². The monoisotopic (exact) mass is 498 g/mol. The Morgan fingerprint density at radius 3 is 2.58 bits per heavy atom. The van der Waals surface area contributed by atoms with Crippen LogP contribution in [0.25, 0.3) is 0 Å². The van der Waals surface area contributed by atoms with Crippen LogP contribution in [0.3, 0.4) is 0 Å². The number of aliphatic hydroxyl groups is 1. The Kier molecular flexibility index (Phi) is 7.30. The summed E-state index contributed by atoms with van der Waals surface area (Å²) in [5.41, 5.74) is -1.33. The summed E-state index contributed by atoms with van der Waals surface area (Å²) in [5, 5.41) is 20.6. The topological polar surface area (TPSA) is 107 Å². The minimum absolute atomic E-state index is 0.0981. The Morgan fingerprint density at radius 1 is 1.31 bits per heavy atom. The van der Waals surface area contributed by atoms with E-state index in [-0.39, 0.29) is 18.6 Å². The lowest BCUT2D eigenvalue weighted by molar-refractivity contribution is -0.159. The first-order valence-corrected chi connectivity index (χ1v) is 13.0. The van der Waals surface area contributed by atoms with Gasteiger partial charge in [-0.1, -0.05) is 49.8 Å². The molecule has 1 spiro atoms. The molecule has 2 N–H and O–H groups in total. The summed E-state index contributed by atoms with van der Waals surface area (Å²) < 4.78 is 6.49. The van der Waals surface area contributed by atoms with Crippen molar-refractivity contribution in [3.63, 3.8) is 0 Å². The van der Waals surface area contributed by atoms with E-state index < -0.39 is 47.0 Å². The number of carbonyl (C=O) groups excluding carboxylic acids is 2. The van der Waals surface area contributed by atoms with Gasteiger partial charge >= 0.3 is 5.97 Å². The van der Waals surface area contributed by atoms with E-state index >= 15 is 0 Å². The number of benzene rings is 1. The summed E-state index contributed by atoms with van der Waals surface area (Å²) in [6, 6.07) is 7.68. The number of hydrogen-bond donors (Lipinski definition) is 2. The molecule has 0 aliphatic carbocycles. The number of rotatable bonds is 11. The minimum Gasteiger partial charge on any atom is -0.481 e. The van der Waals surface area contributed by atoms with Crippen LogP contribution < -0.4 is 0 Å². The molecule has 1 aromatic carbocycles. The Morgan fingerprint density at radius 2 is 2.00 bits per heavy atom. The normalized spacial score (nSPS) is 32.3. The van der Waals surface area contributed by atoms with Crippen molar-refractivity contribution in [1.82, 2.24) is 9.80 Å². The smallest absolute Gasteiger partial charge is 0.310 e. The van der Waals surface area contributed by atoms with Crippen molar-refractivity contribution in [3.8, 4) is 0 Å². The third kappa shape index (κ3) is 4.04. The molecule has 3 unspecified atom stereocenters. The maximum Gasteiger partial charge on any atom is 0.310 e. The molecule has 2 bridgehead atoms. The lowest BCUT2D eigenvalue weighted by Gasteiger charge is -2.41. The van der Waals surface area contributed by atoms with E-state index in [0.717, 1.165) is 18.4 Å². The van der Waals surface area contributed by atoms with Crippen LogP contribution in [0.2, 0.25) is 0 Å². The van der Waals surface area contributed by atoms with Gasteiger partial charge < -0.3 is 24.7 Å². The zero-order valence-electron chi connectivity index (χ0n) is 21.4. The molecule has 8 nitrogen and oxygen atoms in total. The van der Waals surface area contributed by atoms with Crippen LogP contribution in [0.1, 0.15) is 52.0 Å². The van der Waals surface area contributed by atoms with E-state index in [1.165, 1.54) is 4.90 Å². The number of fused-ring (bicyclic) bond motifs is 1. The second-order valence-corrected chi connectivity index (χ2v) is 10.8. The average Bonchev–Trinajstić information content (AvgIpc) is 3.42. The maximum atomic E-state index is 14.4. The van der Waals surface area contributed by atoms with Crippen LogP contribution in [-0.4, -0.2) is 80.3 Å². The van der Waals surface area contributed by atoms with Crippen molar-refractivity contribution in [3.05, 3.63) is 48.6 Å². The quantitative estimate of drug-likeness (QED) is 0.454. The maximum absolute atomic E-state index is 14.4. The van der Waals surface area contributed by atoms with Gasteiger partial charge in [0, 0.05) is 12.6 Å². The van der Waals surface area contributed by atoms with Crippen molar-refractivity contribution in [2.75, 3.05) is 13.2 Å². The Hall–Kier alpha value is -2.71. The molecule has 0 radical (unpaired) electrons. The average molecular weight is 499 g/mol. The van der Waals surface area contributed by atoms with E-state index in [1.54, 1.807) is 17.9 Å². The molecular weight excluding hydrogens is 460 g/mol. The van der Waals surface area contributed by atoms with Crippen molar-refractivity contribution in [2.45, 2.75) is 82.2 Å². The number of amides is 2. The number of aliphatic carboxylic acids is 1. The molecule has 36 heavy (non-hydrogen) atoms. The van der Waals surface area contributed by atoms with Gasteiger partial charge in [-0.25, -0.2) is 0 Å². The van der Waals surface area contributed by atoms with Gasteiger partial charge in [0.1, 0.15) is 11.6 Å². The largest absolute Gasteiger partial charge is 0.481 e. The van der Waals surface area contributed by atoms with Crippen molar-refractivity contribution < 1.29 is 29.3 Å². The number of ether oxygens (including phenoxy) is 1. The van der Waals surface area contributed by atoms with Crippen molar-refractivity contribution in [2.24, 2.45) is 11.8 Å². The Labute approximate surface area is 212 Å². The first-order valence-electron chi connectivity index (χ1n) is 13.0. The van der Waals surface area contributed by atoms with Gasteiger partial charge in [-0.3, -0.25) is 14.4 Å². The summed E-state index contributed by atoms with van der Waals surface area (Å²) in [5.74, 6) is -3.79. The zero-order chi connectivity index (χ0) is 26.3.